The van der Waals surface area contributed by atoms with Gasteiger partial charge in [0, 0.05) is 11.4 Å². The van der Waals surface area contributed by atoms with Gasteiger partial charge in [0.05, 0.1) is 10.4 Å². The van der Waals surface area contributed by atoms with Crippen LogP contribution in [0.15, 0.2) is 23.1 Å². The largest absolute Gasteiger partial charge is 0.310 e. The molecule has 1 aromatic carbocycles. The van der Waals surface area contributed by atoms with Gasteiger partial charge in [-0.25, -0.2) is 0 Å². The minimum Gasteiger partial charge on any atom is -0.310 e. The second kappa shape index (κ2) is 4.61. The molecule has 98 valence electrons. The first kappa shape index (κ1) is 13.5. The molecule has 0 aliphatic carbocycles. The Bertz CT molecular complexity index is 479. The Labute approximate surface area is 114 Å². The van der Waals surface area contributed by atoms with Crippen LogP contribution in [0.25, 0.3) is 0 Å². The Morgan fingerprint density at radius 2 is 2.00 bits per heavy atom. The lowest BCUT2D eigenvalue weighted by Crippen LogP contribution is -2.46. The number of amides is 1. The second-order valence-corrected chi connectivity index (χ2v) is 7.21. The van der Waals surface area contributed by atoms with Crippen LogP contribution < -0.4 is 4.90 Å². The van der Waals surface area contributed by atoms with Crippen LogP contribution in [0.1, 0.15) is 46.1 Å². The minimum absolute atomic E-state index is 0.208. The Morgan fingerprint density at radius 1 is 1.33 bits per heavy atom. The molecule has 2 nitrogen and oxygen atoms in total. The Morgan fingerprint density at radius 3 is 2.56 bits per heavy atom. The molecule has 3 heteroatoms. The van der Waals surface area contributed by atoms with Crippen LogP contribution in [0.2, 0.25) is 0 Å². The van der Waals surface area contributed by atoms with Crippen LogP contribution in [-0.4, -0.2) is 17.2 Å². The number of thioether (sulfide) groups is 1. The van der Waals surface area contributed by atoms with E-state index in [9.17, 15) is 4.79 Å². The minimum atomic E-state index is -0.362. The third-order valence-corrected chi connectivity index (χ3v) is 4.61. The first-order valence-electron chi connectivity index (χ1n) is 6.51. The van der Waals surface area contributed by atoms with Crippen LogP contribution in [0.4, 0.5) is 5.69 Å². The highest BCUT2D eigenvalue weighted by molar-refractivity contribution is 8.01. The van der Waals surface area contributed by atoms with E-state index in [4.69, 9.17) is 0 Å². The molecule has 0 saturated heterocycles. The van der Waals surface area contributed by atoms with Crippen molar-refractivity contribution in [2.24, 2.45) is 0 Å². The van der Waals surface area contributed by atoms with Gasteiger partial charge in [-0.3, -0.25) is 4.79 Å². The zero-order valence-electron chi connectivity index (χ0n) is 11.8. The lowest BCUT2D eigenvalue weighted by atomic mass is 10.0. The predicted molar refractivity (Wildman–Crippen MR) is 78.5 cm³/mol. The molecule has 0 N–H and O–H groups in total. The molecule has 1 aliphatic rings. The second-order valence-electron chi connectivity index (χ2n) is 5.54. The van der Waals surface area contributed by atoms with E-state index < -0.39 is 0 Å². The first-order chi connectivity index (χ1) is 8.36. The van der Waals surface area contributed by atoms with E-state index in [0.717, 1.165) is 12.2 Å². The third kappa shape index (κ3) is 2.16. The third-order valence-electron chi connectivity index (χ3n) is 3.38. The number of hydrogen-bond acceptors (Lipinski definition) is 2. The van der Waals surface area contributed by atoms with Crippen molar-refractivity contribution in [3.63, 3.8) is 0 Å². The van der Waals surface area contributed by atoms with Crippen molar-refractivity contribution in [2.45, 2.75) is 50.2 Å². The fourth-order valence-corrected chi connectivity index (χ4v) is 3.49. The van der Waals surface area contributed by atoms with E-state index in [1.165, 1.54) is 10.5 Å². The highest BCUT2D eigenvalue weighted by atomic mass is 32.2. The summed E-state index contributed by atoms with van der Waals surface area (Å²) in [6, 6.07) is 6.47. The lowest BCUT2D eigenvalue weighted by molar-refractivity contribution is -0.120. The number of hydrogen-bond donors (Lipinski definition) is 0. The van der Waals surface area contributed by atoms with Gasteiger partial charge in [0.25, 0.3) is 0 Å². The molecule has 18 heavy (non-hydrogen) atoms. The van der Waals surface area contributed by atoms with E-state index in [1.54, 1.807) is 11.8 Å². The van der Waals surface area contributed by atoms with E-state index in [1.807, 2.05) is 25.7 Å². The first-order valence-corrected chi connectivity index (χ1v) is 7.33. The molecule has 1 aliphatic heterocycles. The van der Waals surface area contributed by atoms with Crippen LogP contribution >= 0.6 is 11.8 Å². The average molecular weight is 263 g/mol. The molecule has 0 bridgehead atoms. The van der Waals surface area contributed by atoms with Gasteiger partial charge in [-0.1, -0.05) is 19.9 Å². The van der Waals surface area contributed by atoms with Crippen molar-refractivity contribution < 1.29 is 4.79 Å². The normalized spacial score (nSPS) is 18.1. The van der Waals surface area contributed by atoms with E-state index in [0.29, 0.717) is 5.92 Å². The average Bonchev–Trinajstić information content (AvgIpc) is 2.29. The van der Waals surface area contributed by atoms with Gasteiger partial charge in [0.15, 0.2) is 0 Å². The van der Waals surface area contributed by atoms with Crippen LogP contribution in [0.5, 0.6) is 0 Å². The maximum absolute atomic E-state index is 12.4. The summed E-state index contributed by atoms with van der Waals surface area (Å²) in [4.78, 5) is 15.5. The van der Waals surface area contributed by atoms with Crippen molar-refractivity contribution in [3.05, 3.63) is 23.8 Å². The van der Waals surface area contributed by atoms with Gasteiger partial charge in [0.2, 0.25) is 5.91 Å². The maximum Gasteiger partial charge on any atom is 0.243 e. The Hall–Kier alpha value is -0.960. The highest BCUT2D eigenvalue weighted by Gasteiger charge is 2.39. The number of benzene rings is 1. The van der Waals surface area contributed by atoms with E-state index >= 15 is 0 Å². The van der Waals surface area contributed by atoms with Gasteiger partial charge in [-0.15, -0.1) is 11.8 Å². The zero-order chi connectivity index (χ0) is 13.5. The van der Waals surface area contributed by atoms with Crippen molar-refractivity contribution in [3.8, 4) is 0 Å². The van der Waals surface area contributed by atoms with Crippen LogP contribution in [-0.2, 0) is 4.79 Å². The van der Waals surface area contributed by atoms with E-state index in [-0.39, 0.29) is 10.7 Å². The molecular weight excluding hydrogens is 242 g/mol. The molecule has 1 heterocycles. The summed E-state index contributed by atoms with van der Waals surface area (Å²) in [5.41, 5.74) is 2.40. The van der Waals surface area contributed by atoms with Crippen LogP contribution in [0.3, 0.4) is 0 Å². The molecule has 0 aromatic heterocycles. The zero-order valence-corrected chi connectivity index (χ0v) is 12.6. The standard InChI is InChI=1S/C15H21NOS/c1-6-16-12-8-7-11(10(2)3)9-13(12)18-15(4,5)14(16)17/h7-10H,6H2,1-5H3. The maximum atomic E-state index is 12.4. The molecule has 1 aromatic rings. The summed E-state index contributed by atoms with van der Waals surface area (Å²) < 4.78 is -0.362. The molecule has 0 spiro atoms. The summed E-state index contributed by atoms with van der Waals surface area (Å²) in [5.74, 6) is 0.728. The highest BCUT2D eigenvalue weighted by Crippen LogP contribution is 2.45. The van der Waals surface area contributed by atoms with Crippen LogP contribution in [0, 0.1) is 0 Å². The summed E-state index contributed by atoms with van der Waals surface area (Å²) >= 11 is 1.68. The summed E-state index contributed by atoms with van der Waals surface area (Å²) in [6.45, 7) is 11.2. The molecular formula is C15H21NOS. The number of fused-ring (bicyclic) bond motifs is 1. The summed E-state index contributed by atoms with van der Waals surface area (Å²) in [6.07, 6.45) is 0. The van der Waals surface area contributed by atoms with Crippen molar-refractivity contribution in [1.29, 1.82) is 0 Å². The number of carbonyl (C=O) groups is 1. The molecule has 0 atom stereocenters. The number of carbonyl (C=O) groups excluding carboxylic acids is 1. The fourth-order valence-electron chi connectivity index (χ4n) is 2.26. The quantitative estimate of drug-likeness (QED) is 0.802. The molecule has 0 fully saturated rings. The van der Waals surface area contributed by atoms with Gasteiger partial charge in [-0.2, -0.15) is 0 Å². The molecule has 0 unspecified atom stereocenters. The fraction of sp³-hybridized carbons (Fsp3) is 0.533. The Balaban J connectivity index is 2.52. The van der Waals surface area contributed by atoms with E-state index in [2.05, 4.69) is 32.0 Å². The smallest absolute Gasteiger partial charge is 0.243 e. The number of rotatable bonds is 2. The molecule has 2 rings (SSSR count). The van der Waals surface area contributed by atoms with Gasteiger partial charge >= 0.3 is 0 Å². The van der Waals surface area contributed by atoms with Gasteiger partial charge in [0.1, 0.15) is 0 Å². The predicted octanol–water partition coefficient (Wildman–Crippen LogP) is 4.05. The van der Waals surface area contributed by atoms with Gasteiger partial charge < -0.3 is 4.90 Å². The van der Waals surface area contributed by atoms with Crippen molar-refractivity contribution in [1.82, 2.24) is 0 Å². The number of nitrogens with zero attached hydrogens (tertiary/aromatic N) is 1. The monoisotopic (exact) mass is 263 g/mol. The number of anilines is 1. The molecule has 1 amide bonds. The summed E-state index contributed by atoms with van der Waals surface area (Å²) in [7, 11) is 0. The van der Waals surface area contributed by atoms with Crippen molar-refractivity contribution >= 4 is 23.4 Å². The van der Waals surface area contributed by atoms with Gasteiger partial charge in [-0.05, 0) is 44.4 Å². The molecule has 0 saturated carbocycles. The SMILES string of the molecule is CCN1C(=O)C(C)(C)Sc2cc(C(C)C)ccc21. The Kier molecular flexibility index (Phi) is 3.45. The topological polar surface area (TPSA) is 20.3 Å². The van der Waals surface area contributed by atoms with Crippen molar-refractivity contribution in [2.75, 3.05) is 11.4 Å². The lowest BCUT2D eigenvalue weighted by Gasteiger charge is -2.37. The molecule has 0 radical (unpaired) electrons. The summed E-state index contributed by atoms with van der Waals surface area (Å²) in [5, 5.41) is 0.